The van der Waals surface area contributed by atoms with Crippen LogP contribution in [0.15, 0.2) is 18.2 Å². The van der Waals surface area contributed by atoms with Crippen molar-refractivity contribution in [2.75, 3.05) is 24.5 Å². The number of nitrogens with zero attached hydrogens (tertiary/aromatic N) is 4. The Bertz CT molecular complexity index is 1100. The average molecular weight is 488 g/mol. The van der Waals surface area contributed by atoms with E-state index >= 15 is 0 Å². The lowest BCUT2D eigenvalue weighted by Crippen LogP contribution is -2.50. The first kappa shape index (κ1) is 24.1. The Balaban J connectivity index is 1.23. The van der Waals surface area contributed by atoms with Crippen LogP contribution in [0.1, 0.15) is 34.0 Å². The molecule has 180 valence electrons. The molecule has 0 aliphatic carbocycles. The van der Waals surface area contributed by atoms with Gasteiger partial charge < -0.3 is 25.3 Å². The number of rotatable bonds is 6. The van der Waals surface area contributed by atoms with Crippen LogP contribution in [0.2, 0.25) is 0 Å². The van der Waals surface area contributed by atoms with Crippen molar-refractivity contribution >= 4 is 28.8 Å². The van der Waals surface area contributed by atoms with Crippen molar-refractivity contribution in [1.29, 1.82) is 5.26 Å². The van der Waals surface area contributed by atoms with E-state index in [-0.39, 0.29) is 18.0 Å². The molecule has 4 rings (SSSR count). The zero-order valence-electron chi connectivity index (χ0n) is 18.7. The van der Waals surface area contributed by atoms with Crippen molar-refractivity contribution in [2.45, 2.75) is 45.1 Å². The molecule has 0 radical (unpaired) electrons. The van der Waals surface area contributed by atoms with Crippen LogP contribution in [0.25, 0.3) is 0 Å². The number of aromatic nitrogens is 1. The molecule has 2 aromatic rings. The summed E-state index contributed by atoms with van der Waals surface area (Å²) in [5.41, 5.74) is 1.76. The van der Waals surface area contributed by atoms with Crippen LogP contribution < -0.4 is 10.2 Å². The minimum atomic E-state index is -1.86. The Kier molecular flexibility index (Phi) is 7.11. The number of anilines is 1. The van der Waals surface area contributed by atoms with Gasteiger partial charge in [0.1, 0.15) is 11.9 Å². The number of nitrogens with one attached hydrogen (secondary N) is 1. The lowest BCUT2D eigenvalue weighted by atomic mass is 9.95. The largest absolute Gasteiger partial charge is 0.380 e. The average Bonchev–Trinajstić information content (AvgIpc) is 3.39. The van der Waals surface area contributed by atoms with E-state index in [9.17, 15) is 29.5 Å². The number of hydrogen-bond donors (Lipinski definition) is 3. The van der Waals surface area contributed by atoms with Gasteiger partial charge in [-0.2, -0.15) is 5.26 Å². The maximum atomic E-state index is 13.4. The normalized spacial score (nSPS) is 17.7. The van der Waals surface area contributed by atoms with Crippen molar-refractivity contribution < 1.29 is 24.2 Å². The van der Waals surface area contributed by atoms with Gasteiger partial charge in [-0.25, -0.2) is 9.37 Å². The third-order valence-electron chi connectivity index (χ3n) is 6.29. The number of hydrogen-bond acceptors (Lipinski definition) is 8. The molecule has 9 nitrogen and oxygen atoms in total. The maximum absolute atomic E-state index is 13.4. The van der Waals surface area contributed by atoms with Crippen LogP contribution in [0.5, 0.6) is 0 Å². The predicted molar refractivity (Wildman–Crippen MR) is 122 cm³/mol. The number of amides is 2. The van der Waals surface area contributed by atoms with E-state index in [1.165, 1.54) is 28.4 Å². The monoisotopic (exact) mass is 487 g/mol. The number of fused-ring (bicyclic) bond motifs is 1. The van der Waals surface area contributed by atoms with E-state index in [1.54, 1.807) is 6.07 Å². The molecule has 1 saturated heterocycles. The van der Waals surface area contributed by atoms with Crippen LogP contribution >= 0.6 is 11.3 Å². The second-order valence-corrected chi connectivity index (χ2v) is 9.92. The van der Waals surface area contributed by atoms with E-state index in [1.807, 2.05) is 17.9 Å². The highest BCUT2D eigenvalue weighted by atomic mass is 32.1. The van der Waals surface area contributed by atoms with Gasteiger partial charge in [0, 0.05) is 24.5 Å². The Labute approximate surface area is 200 Å². The minimum absolute atomic E-state index is 0.134. The summed E-state index contributed by atoms with van der Waals surface area (Å²) in [4.78, 5) is 33.6. The fraction of sp³-hybridized carbons (Fsp3) is 0.478. The fourth-order valence-electron chi connectivity index (χ4n) is 4.39. The third-order valence-corrected chi connectivity index (χ3v) is 7.29. The first-order chi connectivity index (χ1) is 16.3. The molecular formula is C23H26FN5O4S. The van der Waals surface area contributed by atoms with Crippen LogP contribution in [0.3, 0.4) is 0 Å². The van der Waals surface area contributed by atoms with Crippen molar-refractivity contribution in [2.24, 2.45) is 5.92 Å². The van der Waals surface area contributed by atoms with E-state index in [0.717, 1.165) is 28.4 Å². The van der Waals surface area contributed by atoms with E-state index in [2.05, 4.69) is 10.3 Å². The lowest BCUT2D eigenvalue weighted by molar-refractivity contribution is -0.153. The van der Waals surface area contributed by atoms with Crippen LogP contribution in [-0.4, -0.2) is 63.8 Å². The van der Waals surface area contributed by atoms with Crippen LogP contribution in [-0.2, 0) is 22.7 Å². The number of thiazole rings is 1. The molecule has 11 heteroatoms. The number of carbonyl (C=O) groups is 2. The summed E-state index contributed by atoms with van der Waals surface area (Å²) in [5, 5.41) is 33.3. The Morgan fingerprint density at radius 3 is 2.71 bits per heavy atom. The quantitative estimate of drug-likeness (QED) is 0.556. The predicted octanol–water partition coefficient (Wildman–Crippen LogP) is 1.06. The molecule has 0 spiro atoms. The van der Waals surface area contributed by atoms with E-state index < -0.39 is 29.8 Å². The summed E-state index contributed by atoms with van der Waals surface area (Å²) in [6.45, 7) is 4.02. The molecule has 2 atom stereocenters. The molecule has 0 bridgehead atoms. The summed E-state index contributed by atoms with van der Waals surface area (Å²) in [7, 11) is 0. The Morgan fingerprint density at radius 1 is 1.29 bits per heavy atom. The summed E-state index contributed by atoms with van der Waals surface area (Å²) in [6, 6.07) is 6.16. The number of piperidine rings is 1. The summed E-state index contributed by atoms with van der Waals surface area (Å²) >= 11 is 1.49. The second-order valence-electron chi connectivity index (χ2n) is 8.64. The lowest BCUT2D eigenvalue weighted by Gasteiger charge is -2.34. The number of benzene rings is 1. The fourth-order valence-corrected chi connectivity index (χ4v) is 5.35. The SMILES string of the molecule is Cc1nc2c(s1)CN(C(=O)[C@H](O)[C@@H](O)C(=O)NCC1CCN(c3ccc(F)cc3C#N)CC1)C2. The van der Waals surface area contributed by atoms with Gasteiger partial charge in [0.25, 0.3) is 11.8 Å². The van der Waals surface area contributed by atoms with Gasteiger partial charge >= 0.3 is 0 Å². The molecule has 0 unspecified atom stereocenters. The number of carbonyl (C=O) groups excluding carboxylic acids is 2. The highest BCUT2D eigenvalue weighted by Crippen LogP contribution is 2.29. The van der Waals surface area contributed by atoms with Crippen molar-refractivity contribution in [1.82, 2.24) is 15.2 Å². The second kappa shape index (κ2) is 10.0. The molecule has 2 aliphatic heterocycles. The third kappa shape index (κ3) is 5.04. The highest BCUT2D eigenvalue weighted by molar-refractivity contribution is 7.11. The van der Waals surface area contributed by atoms with Crippen LogP contribution in [0.4, 0.5) is 10.1 Å². The van der Waals surface area contributed by atoms with Crippen LogP contribution in [0, 0.1) is 30.0 Å². The molecule has 1 aromatic carbocycles. The first-order valence-electron chi connectivity index (χ1n) is 11.1. The summed E-state index contributed by atoms with van der Waals surface area (Å²) in [6.07, 6.45) is -2.26. The van der Waals surface area contributed by atoms with Gasteiger partial charge in [-0.15, -0.1) is 11.3 Å². The highest BCUT2D eigenvalue weighted by Gasteiger charge is 2.36. The summed E-state index contributed by atoms with van der Waals surface area (Å²) < 4.78 is 13.4. The van der Waals surface area contributed by atoms with E-state index in [0.29, 0.717) is 31.9 Å². The van der Waals surface area contributed by atoms with Gasteiger partial charge in [0.2, 0.25) is 0 Å². The molecule has 1 aromatic heterocycles. The number of nitriles is 1. The smallest absolute Gasteiger partial charge is 0.255 e. The number of halogens is 1. The topological polar surface area (TPSA) is 130 Å². The van der Waals surface area contributed by atoms with Crippen molar-refractivity contribution in [3.8, 4) is 6.07 Å². The minimum Gasteiger partial charge on any atom is -0.380 e. The Morgan fingerprint density at radius 2 is 2.03 bits per heavy atom. The van der Waals surface area contributed by atoms with Crippen molar-refractivity contribution in [3.05, 3.63) is 45.2 Å². The molecule has 3 N–H and O–H groups in total. The maximum Gasteiger partial charge on any atom is 0.255 e. The van der Waals surface area contributed by atoms with Gasteiger partial charge in [-0.1, -0.05) is 0 Å². The Hall–Kier alpha value is -3.07. The zero-order valence-corrected chi connectivity index (χ0v) is 19.5. The summed E-state index contributed by atoms with van der Waals surface area (Å²) in [5.74, 6) is -1.82. The molecule has 2 aliphatic rings. The standard InChI is InChI=1S/C23H26FN5O4S/c1-13-27-17-11-29(12-19(17)34-13)23(33)21(31)20(30)22(32)26-10-14-4-6-28(7-5-14)18-3-2-16(24)8-15(18)9-25/h2-3,8,14,20-21,30-31H,4-7,10-12H2,1H3,(H,26,32)/t20-,21-/m1/s1. The van der Waals surface area contributed by atoms with Gasteiger partial charge in [-0.3, -0.25) is 9.59 Å². The van der Waals surface area contributed by atoms with Gasteiger partial charge in [0.15, 0.2) is 12.2 Å². The van der Waals surface area contributed by atoms with Crippen molar-refractivity contribution in [3.63, 3.8) is 0 Å². The molecule has 1 fully saturated rings. The molecule has 34 heavy (non-hydrogen) atoms. The number of aryl methyl sites for hydroxylation is 1. The molecule has 0 saturated carbocycles. The first-order valence-corrected chi connectivity index (χ1v) is 11.9. The van der Waals surface area contributed by atoms with E-state index in [4.69, 9.17) is 0 Å². The van der Waals surface area contributed by atoms with Gasteiger partial charge in [-0.05, 0) is 43.9 Å². The molecular weight excluding hydrogens is 461 g/mol. The number of aliphatic hydroxyl groups excluding tert-OH is 2. The number of aliphatic hydroxyl groups is 2. The zero-order chi connectivity index (χ0) is 24.4. The molecule has 2 amide bonds. The van der Waals surface area contributed by atoms with Gasteiger partial charge in [0.05, 0.1) is 35.0 Å². The molecule has 3 heterocycles.